The zero-order valence-corrected chi connectivity index (χ0v) is 10.2. The standard InChI is InChI=1S/C14H12N4O/c15-10-11-4-7-17-13(9-11)14(19)18-8-5-12-3-1-2-6-16-12/h1-4,6-7,9H,5,8H2,(H,18,19). The molecule has 0 saturated carbocycles. The van der Waals surface area contributed by atoms with Crippen LogP contribution in [0, 0.1) is 11.3 Å². The van der Waals surface area contributed by atoms with E-state index in [9.17, 15) is 4.79 Å². The molecule has 19 heavy (non-hydrogen) atoms. The lowest BCUT2D eigenvalue weighted by Crippen LogP contribution is -2.26. The van der Waals surface area contributed by atoms with Gasteiger partial charge in [-0.1, -0.05) is 6.07 Å². The first-order chi connectivity index (χ1) is 9.29. The maximum absolute atomic E-state index is 11.8. The number of nitrogens with one attached hydrogen (secondary N) is 1. The Morgan fingerprint density at radius 3 is 2.89 bits per heavy atom. The SMILES string of the molecule is N#Cc1ccnc(C(=O)NCCc2ccccn2)c1. The molecule has 2 aromatic rings. The molecular weight excluding hydrogens is 240 g/mol. The van der Waals surface area contributed by atoms with Crippen LogP contribution in [0.15, 0.2) is 42.7 Å². The second kappa shape index (κ2) is 6.26. The lowest BCUT2D eigenvalue weighted by Gasteiger charge is -2.04. The summed E-state index contributed by atoms with van der Waals surface area (Å²) >= 11 is 0. The minimum absolute atomic E-state index is 0.250. The van der Waals surface area contributed by atoms with Gasteiger partial charge in [0.2, 0.25) is 0 Å². The van der Waals surface area contributed by atoms with Crippen molar-refractivity contribution in [1.82, 2.24) is 15.3 Å². The summed E-state index contributed by atoms with van der Waals surface area (Å²) in [5.74, 6) is -0.284. The molecule has 0 bridgehead atoms. The molecule has 0 unspecified atom stereocenters. The lowest BCUT2D eigenvalue weighted by molar-refractivity contribution is 0.0949. The van der Waals surface area contributed by atoms with Gasteiger partial charge in [-0.25, -0.2) is 0 Å². The Bertz CT molecular complexity index is 604. The van der Waals surface area contributed by atoms with Crippen LogP contribution in [-0.2, 0) is 6.42 Å². The molecule has 1 amide bonds. The van der Waals surface area contributed by atoms with Crippen molar-refractivity contribution in [3.05, 3.63) is 59.7 Å². The van der Waals surface area contributed by atoms with Crippen molar-refractivity contribution in [3.8, 4) is 6.07 Å². The van der Waals surface area contributed by atoms with Gasteiger partial charge in [0.15, 0.2) is 0 Å². The van der Waals surface area contributed by atoms with Gasteiger partial charge in [-0.15, -0.1) is 0 Å². The fraction of sp³-hybridized carbons (Fsp3) is 0.143. The summed E-state index contributed by atoms with van der Waals surface area (Å²) in [6.07, 6.45) is 3.83. The fourth-order valence-corrected chi connectivity index (χ4v) is 1.56. The number of carbonyl (C=O) groups is 1. The Labute approximate surface area is 110 Å². The minimum atomic E-state index is -0.284. The highest BCUT2D eigenvalue weighted by Gasteiger charge is 2.07. The van der Waals surface area contributed by atoms with E-state index in [1.165, 1.54) is 12.3 Å². The van der Waals surface area contributed by atoms with E-state index in [1.807, 2.05) is 24.3 Å². The van der Waals surface area contributed by atoms with Crippen LogP contribution in [0.5, 0.6) is 0 Å². The van der Waals surface area contributed by atoms with Gasteiger partial charge in [-0.2, -0.15) is 5.26 Å². The third-order valence-electron chi connectivity index (χ3n) is 2.51. The second-order valence-electron chi connectivity index (χ2n) is 3.87. The summed E-state index contributed by atoms with van der Waals surface area (Å²) in [7, 11) is 0. The van der Waals surface area contributed by atoms with Crippen molar-refractivity contribution in [2.24, 2.45) is 0 Å². The Morgan fingerprint density at radius 2 is 2.16 bits per heavy atom. The monoisotopic (exact) mass is 252 g/mol. The molecule has 5 heteroatoms. The van der Waals surface area contributed by atoms with Crippen LogP contribution in [-0.4, -0.2) is 22.4 Å². The third-order valence-corrected chi connectivity index (χ3v) is 2.51. The average Bonchev–Trinajstić information content (AvgIpc) is 2.48. The highest BCUT2D eigenvalue weighted by atomic mass is 16.1. The van der Waals surface area contributed by atoms with E-state index in [4.69, 9.17) is 5.26 Å². The number of amides is 1. The first kappa shape index (κ1) is 12.7. The maximum atomic E-state index is 11.8. The zero-order chi connectivity index (χ0) is 13.5. The van der Waals surface area contributed by atoms with E-state index in [2.05, 4.69) is 15.3 Å². The van der Waals surface area contributed by atoms with Crippen LogP contribution >= 0.6 is 0 Å². The van der Waals surface area contributed by atoms with Crippen LogP contribution in [0.1, 0.15) is 21.7 Å². The van der Waals surface area contributed by atoms with Gasteiger partial charge in [0.1, 0.15) is 5.69 Å². The van der Waals surface area contributed by atoms with Crippen molar-refractivity contribution in [1.29, 1.82) is 5.26 Å². The summed E-state index contributed by atoms with van der Waals surface area (Å²) in [6.45, 7) is 0.480. The molecule has 2 rings (SSSR count). The molecular formula is C14H12N4O. The molecule has 0 fully saturated rings. The van der Waals surface area contributed by atoms with Gasteiger partial charge in [-0.05, 0) is 24.3 Å². The molecule has 94 valence electrons. The van der Waals surface area contributed by atoms with Crippen LogP contribution in [0.3, 0.4) is 0 Å². The highest BCUT2D eigenvalue weighted by Crippen LogP contribution is 2.00. The summed E-state index contributed by atoms with van der Waals surface area (Å²) in [6, 6.07) is 10.7. The van der Waals surface area contributed by atoms with E-state index >= 15 is 0 Å². The predicted molar refractivity (Wildman–Crippen MR) is 69.2 cm³/mol. The first-order valence-electron chi connectivity index (χ1n) is 5.84. The predicted octanol–water partition coefficient (Wildman–Crippen LogP) is 1.32. The highest BCUT2D eigenvalue weighted by molar-refractivity contribution is 5.92. The summed E-state index contributed by atoms with van der Waals surface area (Å²) in [5, 5.41) is 11.5. The van der Waals surface area contributed by atoms with Crippen LogP contribution in [0.4, 0.5) is 0 Å². The van der Waals surface area contributed by atoms with Gasteiger partial charge in [0.25, 0.3) is 5.91 Å². The van der Waals surface area contributed by atoms with Crippen molar-refractivity contribution in [2.45, 2.75) is 6.42 Å². The van der Waals surface area contributed by atoms with Crippen LogP contribution in [0.25, 0.3) is 0 Å². The first-order valence-corrected chi connectivity index (χ1v) is 5.84. The molecule has 0 atom stereocenters. The van der Waals surface area contributed by atoms with Gasteiger partial charge in [-0.3, -0.25) is 14.8 Å². The molecule has 0 aliphatic carbocycles. The number of carbonyl (C=O) groups excluding carboxylic acids is 1. The number of pyridine rings is 2. The van der Waals surface area contributed by atoms with Gasteiger partial charge in [0.05, 0.1) is 11.6 Å². The van der Waals surface area contributed by atoms with Gasteiger partial charge < -0.3 is 5.32 Å². The lowest BCUT2D eigenvalue weighted by atomic mass is 10.2. The molecule has 2 aromatic heterocycles. The number of nitriles is 1. The summed E-state index contributed by atoms with van der Waals surface area (Å²) in [4.78, 5) is 19.9. The smallest absolute Gasteiger partial charge is 0.269 e. The largest absolute Gasteiger partial charge is 0.350 e. The molecule has 0 aliphatic heterocycles. The van der Waals surface area contributed by atoms with Crippen molar-refractivity contribution in [2.75, 3.05) is 6.54 Å². The number of hydrogen-bond acceptors (Lipinski definition) is 4. The van der Waals surface area contributed by atoms with Crippen molar-refractivity contribution < 1.29 is 4.79 Å². The average molecular weight is 252 g/mol. The van der Waals surface area contributed by atoms with E-state index in [1.54, 1.807) is 12.3 Å². The van der Waals surface area contributed by atoms with Crippen LogP contribution in [0.2, 0.25) is 0 Å². The van der Waals surface area contributed by atoms with Gasteiger partial charge in [0, 0.05) is 31.1 Å². The van der Waals surface area contributed by atoms with Gasteiger partial charge >= 0.3 is 0 Å². The van der Waals surface area contributed by atoms with Crippen molar-refractivity contribution >= 4 is 5.91 Å². The van der Waals surface area contributed by atoms with E-state index in [0.29, 0.717) is 18.5 Å². The Morgan fingerprint density at radius 1 is 1.26 bits per heavy atom. The Hall–Kier alpha value is -2.74. The topological polar surface area (TPSA) is 78.7 Å². The number of nitrogens with zero attached hydrogens (tertiary/aromatic N) is 3. The molecule has 0 spiro atoms. The van der Waals surface area contributed by atoms with E-state index in [-0.39, 0.29) is 11.6 Å². The van der Waals surface area contributed by atoms with Crippen molar-refractivity contribution in [3.63, 3.8) is 0 Å². The minimum Gasteiger partial charge on any atom is -0.350 e. The third kappa shape index (κ3) is 3.61. The second-order valence-corrected chi connectivity index (χ2v) is 3.87. The normalized spacial score (nSPS) is 9.63. The zero-order valence-electron chi connectivity index (χ0n) is 10.2. The quantitative estimate of drug-likeness (QED) is 0.890. The van der Waals surface area contributed by atoms with E-state index in [0.717, 1.165) is 5.69 Å². The molecule has 5 nitrogen and oxygen atoms in total. The Balaban J connectivity index is 1.89. The molecule has 0 radical (unpaired) electrons. The number of aromatic nitrogens is 2. The maximum Gasteiger partial charge on any atom is 0.269 e. The molecule has 1 N–H and O–H groups in total. The summed E-state index contributed by atoms with van der Waals surface area (Å²) < 4.78 is 0. The fourth-order valence-electron chi connectivity index (χ4n) is 1.56. The van der Waals surface area contributed by atoms with E-state index < -0.39 is 0 Å². The molecule has 2 heterocycles. The molecule has 0 saturated heterocycles. The summed E-state index contributed by atoms with van der Waals surface area (Å²) in [5.41, 5.74) is 1.59. The number of hydrogen-bond donors (Lipinski definition) is 1. The molecule has 0 aromatic carbocycles. The van der Waals surface area contributed by atoms with Crippen LogP contribution < -0.4 is 5.32 Å². The Kier molecular flexibility index (Phi) is 4.19. The number of rotatable bonds is 4. The molecule has 0 aliphatic rings.